The summed E-state index contributed by atoms with van der Waals surface area (Å²) < 4.78 is 4.45. The number of pyridine rings is 1. The van der Waals surface area contributed by atoms with Gasteiger partial charge in [-0.3, -0.25) is 9.13 Å². The zero-order valence-corrected chi connectivity index (χ0v) is 31.2. The van der Waals surface area contributed by atoms with Crippen molar-refractivity contribution < 1.29 is 0 Å². The fraction of sp³-hybridized carbons (Fsp3) is 0.0833. The van der Waals surface area contributed by atoms with Gasteiger partial charge in [-0.05, 0) is 98.1 Å². The molecule has 0 aliphatic heterocycles. The number of para-hydroxylation sites is 8. The van der Waals surface area contributed by atoms with Gasteiger partial charge in [0.2, 0.25) is 0 Å². The number of fused-ring (bicyclic) bond motifs is 2. The fourth-order valence-corrected chi connectivity index (χ4v) is 7.47. The second kappa shape index (κ2) is 14.0. The lowest BCUT2D eigenvalue weighted by Crippen LogP contribution is -2.12. The molecule has 0 saturated heterocycles. The van der Waals surface area contributed by atoms with Gasteiger partial charge in [0.1, 0.15) is 11.5 Å². The topological polar surface area (TPSA) is 64.1 Å². The lowest BCUT2D eigenvalue weighted by Gasteiger charge is -2.23. The maximum atomic E-state index is 5.26. The first kappa shape index (κ1) is 33.7. The SMILES string of the molecule is Cc1ccccc1N(C)c1ccccc1C=Nc1cc(-c2nc3ccccc3n2-c2ccccc2C)cc(-c2nc3ccccc3n2-c2ccccc2C)n1. The molecule has 3 heterocycles. The van der Waals surface area contributed by atoms with E-state index >= 15 is 0 Å². The molecule has 0 amide bonds. The highest BCUT2D eigenvalue weighted by molar-refractivity contribution is 5.92. The second-order valence-corrected chi connectivity index (χ2v) is 13.9. The summed E-state index contributed by atoms with van der Waals surface area (Å²) in [6.07, 6.45) is 1.91. The third kappa shape index (κ3) is 6.15. The summed E-state index contributed by atoms with van der Waals surface area (Å²) in [5, 5.41) is 0. The number of hydrogen-bond acceptors (Lipinski definition) is 5. The van der Waals surface area contributed by atoms with E-state index in [1.165, 1.54) is 5.56 Å². The average Bonchev–Trinajstić information content (AvgIpc) is 3.80. The van der Waals surface area contributed by atoms with Crippen molar-refractivity contribution >= 4 is 45.5 Å². The number of nitrogens with zero attached hydrogens (tertiary/aromatic N) is 7. The Bertz CT molecular complexity index is 2750. The predicted molar refractivity (Wildman–Crippen MR) is 227 cm³/mol. The molecular weight excluding hydrogens is 675 g/mol. The average molecular weight is 714 g/mol. The number of aromatic nitrogens is 5. The summed E-state index contributed by atoms with van der Waals surface area (Å²) in [5.74, 6) is 2.08. The van der Waals surface area contributed by atoms with E-state index < -0.39 is 0 Å². The molecule has 266 valence electrons. The number of imidazole rings is 2. The van der Waals surface area contributed by atoms with Gasteiger partial charge in [-0.25, -0.2) is 19.9 Å². The van der Waals surface area contributed by atoms with E-state index in [1.807, 2.05) is 30.5 Å². The first-order valence-electron chi connectivity index (χ1n) is 18.5. The van der Waals surface area contributed by atoms with E-state index in [0.717, 1.165) is 78.7 Å². The minimum atomic E-state index is 0.549. The molecule has 0 bridgehead atoms. The van der Waals surface area contributed by atoms with Crippen LogP contribution in [0.1, 0.15) is 22.3 Å². The van der Waals surface area contributed by atoms with E-state index in [1.54, 1.807) is 0 Å². The molecule has 7 nitrogen and oxygen atoms in total. The Hall–Kier alpha value is -7.12. The molecule has 0 fully saturated rings. The van der Waals surface area contributed by atoms with Crippen LogP contribution < -0.4 is 4.90 Å². The van der Waals surface area contributed by atoms with E-state index in [-0.39, 0.29) is 0 Å². The monoisotopic (exact) mass is 713 g/mol. The Balaban J connectivity index is 1.28. The Kier molecular flexibility index (Phi) is 8.59. The van der Waals surface area contributed by atoms with E-state index in [9.17, 15) is 0 Å². The normalized spacial score (nSPS) is 11.6. The smallest absolute Gasteiger partial charge is 0.164 e. The van der Waals surface area contributed by atoms with Crippen molar-refractivity contribution in [3.8, 4) is 34.3 Å². The highest BCUT2D eigenvalue weighted by Gasteiger charge is 2.21. The quantitative estimate of drug-likeness (QED) is 0.147. The largest absolute Gasteiger partial charge is 0.344 e. The summed E-state index contributed by atoms with van der Waals surface area (Å²) >= 11 is 0. The van der Waals surface area contributed by atoms with Crippen LogP contribution in [0.15, 0.2) is 163 Å². The Labute approximate surface area is 320 Å². The zero-order valence-electron chi connectivity index (χ0n) is 31.2. The molecule has 0 spiro atoms. The molecule has 0 N–H and O–H groups in total. The van der Waals surface area contributed by atoms with Crippen LogP contribution in [0.5, 0.6) is 0 Å². The number of aliphatic imine (C=N–C) groups is 1. The number of benzene rings is 6. The van der Waals surface area contributed by atoms with Crippen LogP contribution in [0.3, 0.4) is 0 Å². The Morgan fingerprint density at radius 2 is 1.02 bits per heavy atom. The lowest BCUT2D eigenvalue weighted by molar-refractivity contribution is 1.06. The van der Waals surface area contributed by atoms with Crippen molar-refractivity contribution in [2.45, 2.75) is 20.8 Å². The van der Waals surface area contributed by atoms with Crippen LogP contribution in [0.4, 0.5) is 17.2 Å². The van der Waals surface area contributed by atoms with Gasteiger partial charge in [0.25, 0.3) is 0 Å². The molecule has 3 aromatic heterocycles. The van der Waals surface area contributed by atoms with Gasteiger partial charge in [-0.1, -0.05) is 97.1 Å². The number of rotatable bonds is 8. The van der Waals surface area contributed by atoms with Gasteiger partial charge in [0.05, 0.1) is 33.4 Å². The molecule has 55 heavy (non-hydrogen) atoms. The van der Waals surface area contributed by atoms with Crippen molar-refractivity contribution in [3.63, 3.8) is 0 Å². The molecule has 7 heteroatoms. The molecule has 0 radical (unpaired) electrons. The standard InChI is InChI=1S/C48H39N7/c1-32-17-5-11-23-40(32)53(4)43-26-14-8-20-35(43)31-49-46-30-36(47-51-37-21-9-15-27-44(37)54(47)41-24-12-6-18-33(41)2)29-39(50-46)48-52-38-22-10-16-28-45(38)55(48)42-25-13-7-19-34(42)3/h5-31H,1-4H3. The van der Waals surface area contributed by atoms with Crippen LogP contribution in [0.25, 0.3) is 56.3 Å². The third-order valence-electron chi connectivity index (χ3n) is 10.2. The van der Waals surface area contributed by atoms with Gasteiger partial charge in [-0.2, -0.15) is 0 Å². The van der Waals surface area contributed by atoms with Gasteiger partial charge in [-0.15, -0.1) is 0 Å². The number of hydrogen-bond donors (Lipinski definition) is 0. The van der Waals surface area contributed by atoms with Crippen LogP contribution in [0, 0.1) is 20.8 Å². The predicted octanol–water partition coefficient (Wildman–Crippen LogP) is 11.5. The maximum absolute atomic E-state index is 5.26. The van der Waals surface area contributed by atoms with Crippen molar-refractivity contribution in [1.82, 2.24) is 24.1 Å². The first-order chi connectivity index (χ1) is 26.9. The summed E-state index contributed by atoms with van der Waals surface area (Å²) in [6.45, 7) is 6.40. The summed E-state index contributed by atoms with van der Waals surface area (Å²) in [4.78, 5) is 23.1. The molecule has 9 aromatic rings. The molecule has 6 aromatic carbocycles. The summed E-state index contributed by atoms with van der Waals surface area (Å²) in [6, 6.07) is 54.2. The molecule has 0 aliphatic rings. The molecule has 0 saturated carbocycles. The fourth-order valence-electron chi connectivity index (χ4n) is 7.47. The summed E-state index contributed by atoms with van der Waals surface area (Å²) in [5.41, 5.74) is 14.1. The molecule has 0 atom stereocenters. The minimum Gasteiger partial charge on any atom is -0.344 e. The van der Waals surface area contributed by atoms with E-state index in [4.69, 9.17) is 19.9 Å². The van der Waals surface area contributed by atoms with Crippen LogP contribution in [-0.2, 0) is 0 Å². The maximum Gasteiger partial charge on any atom is 0.164 e. The second-order valence-electron chi connectivity index (χ2n) is 13.9. The van der Waals surface area contributed by atoms with Crippen molar-refractivity contribution in [2.24, 2.45) is 4.99 Å². The number of aryl methyl sites for hydroxylation is 3. The van der Waals surface area contributed by atoms with E-state index in [2.05, 4.69) is 175 Å². The summed E-state index contributed by atoms with van der Waals surface area (Å²) in [7, 11) is 2.10. The zero-order chi connectivity index (χ0) is 37.5. The van der Waals surface area contributed by atoms with Gasteiger partial charge in [0, 0.05) is 35.8 Å². The molecular formula is C48H39N7. The highest BCUT2D eigenvalue weighted by Crippen LogP contribution is 2.36. The Morgan fingerprint density at radius 3 is 1.65 bits per heavy atom. The first-order valence-corrected chi connectivity index (χ1v) is 18.5. The van der Waals surface area contributed by atoms with Crippen molar-refractivity contribution in [3.05, 3.63) is 180 Å². The van der Waals surface area contributed by atoms with Crippen LogP contribution in [0.2, 0.25) is 0 Å². The van der Waals surface area contributed by atoms with Crippen LogP contribution in [-0.4, -0.2) is 37.3 Å². The number of anilines is 2. The molecule has 0 unspecified atom stereocenters. The van der Waals surface area contributed by atoms with Gasteiger partial charge >= 0.3 is 0 Å². The van der Waals surface area contributed by atoms with Crippen molar-refractivity contribution in [1.29, 1.82) is 0 Å². The molecule has 0 aliphatic carbocycles. The van der Waals surface area contributed by atoms with Gasteiger partial charge in [0.15, 0.2) is 11.6 Å². The van der Waals surface area contributed by atoms with Gasteiger partial charge < -0.3 is 4.90 Å². The van der Waals surface area contributed by atoms with E-state index in [0.29, 0.717) is 11.5 Å². The Morgan fingerprint density at radius 1 is 0.509 bits per heavy atom. The van der Waals surface area contributed by atoms with Crippen molar-refractivity contribution in [2.75, 3.05) is 11.9 Å². The third-order valence-corrected chi connectivity index (χ3v) is 10.2. The van der Waals surface area contributed by atoms with Crippen LogP contribution >= 0.6 is 0 Å². The minimum absolute atomic E-state index is 0.549. The highest BCUT2D eigenvalue weighted by atomic mass is 15.1. The lowest BCUT2D eigenvalue weighted by atomic mass is 10.1. The molecule has 9 rings (SSSR count).